The second kappa shape index (κ2) is 2.98. The van der Waals surface area contributed by atoms with Gasteiger partial charge >= 0.3 is 0 Å². The van der Waals surface area contributed by atoms with Crippen LogP contribution in [0.4, 0.5) is 0 Å². The normalized spacial score (nSPS) is 17.9. The lowest BCUT2D eigenvalue weighted by Gasteiger charge is -2.02. The van der Waals surface area contributed by atoms with Crippen molar-refractivity contribution in [2.75, 3.05) is 0 Å². The zero-order valence-corrected chi connectivity index (χ0v) is 7.25. The molecule has 0 radical (unpaired) electrons. The van der Waals surface area contributed by atoms with E-state index in [1.54, 1.807) is 0 Å². The summed E-state index contributed by atoms with van der Waals surface area (Å²) in [5, 5.41) is 2.71. The second-order valence-corrected chi connectivity index (χ2v) is 3.05. The van der Waals surface area contributed by atoms with E-state index in [1.807, 2.05) is 0 Å². The van der Waals surface area contributed by atoms with Crippen molar-refractivity contribution in [3.05, 3.63) is 46.4 Å². The first-order chi connectivity index (χ1) is 5.90. The molecule has 0 heteroatoms. The Morgan fingerprint density at radius 3 is 2.67 bits per heavy atom. The molecule has 0 atom stereocenters. The number of hydrogen-bond acceptors (Lipinski definition) is 0. The summed E-state index contributed by atoms with van der Waals surface area (Å²) in [5.41, 5.74) is 1.41. The third kappa shape index (κ3) is 1.20. The van der Waals surface area contributed by atoms with E-state index in [2.05, 4.69) is 49.4 Å². The van der Waals surface area contributed by atoms with Crippen molar-refractivity contribution in [3.63, 3.8) is 0 Å². The molecule has 0 saturated heterocycles. The van der Waals surface area contributed by atoms with Crippen LogP contribution in [0.15, 0.2) is 35.9 Å². The number of hydrogen-bond donors (Lipinski definition) is 0. The molecular formula is C12H12. The first-order valence-corrected chi connectivity index (χ1v) is 4.32. The Hall–Kier alpha value is -1.30. The highest BCUT2D eigenvalue weighted by atomic mass is 14.0. The molecule has 0 unspecified atom stereocenters. The van der Waals surface area contributed by atoms with Gasteiger partial charge in [0.15, 0.2) is 0 Å². The third-order valence-electron chi connectivity index (χ3n) is 2.27. The molecule has 0 heterocycles. The Bertz CT molecular complexity index is 422. The largest absolute Gasteiger partial charge is 0.0841 e. The Balaban J connectivity index is 2.72. The quantitative estimate of drug-likeness (QED) is 0.535. The first kappa shape index (κ1) is 7.35. The molecule has 0 fully saturated rings. The van der Waals surface area contributed by atoms with Crippen molar-refractivity contribution in [2.24, 2.45) is 0 Å². The summed E-state index contributed by atoms with van der Waals surface area (Å²) in [6, 6.07) is 8.50. The van der Waals surface area contributed by atoms with Gasteiger partial charge in [-0.15, -0.1) is 0 Å². The lowest BCUT2D eigenvalue weighted by Crippen LogP contribution is -2.26. The maximum absolute atomic E-state index is 2.28. The van der Waals surface area contributed by atoms with E-state index in [1.165, 1.54) is 16.0 Å². The summed E-state index contributed by atoms with van der Waals surface area (Å²) in [6.45, 7) is 2.09. The fourth-order valence-corrected chi connectivity index (χ4v) is 1.52. The van der Waals surface area contributed by atoms with E-state index in [4.69, 9.17) is 0 Å². The minimum Gasteiger partial charge on any atom is -0.0841 e. The number of allylic oxidation sites excluding steroid dienone is 2. The second-order valence-electron chi connectivity index (χ2n) is 3.05. The Labute approximate surface area is 72.5 Å². The molecule has 0 amide bonds. The van der Waals surface area contributed by atoms with Crippen molar-refractivity contribution >= 4 is 12.2 Å². The molecule has 0 bridgehead atoms. The van der Waals surface area contributed by atoms with E-state index < -0.39 is 0 Å². The fraction of sp³-hybridized carbons (Fsp3) is 0.167. The van der Waals surface area contributed by atoms with Gasteiger partial charge in [-0.1, -0.05) is 42.5 Å². The van der Waals surface area contributed by atoms with Crippen LogP contribution in [0.2, 0.25) is 0 Å². The number of rotatable bonds is 0. The maximum atomic E-state index is 2.28. The Morgan fingerprint density at radius 1 is 1.17 bits per heavy atom. The summed E-state index contributed by atoms with van der Waals surface area (Å²) in [4.78, 5) is 0. The lowest BCUT2D eigenvalue weighted by molar-refractivity contribution is 1.31. The van der Waals surface area contributed by atoms with Crippen molar-refractivity contribution < 1.29 is 0 Å². The van der Waals surface area contributed by atoms with Gasteiger partial charge in [0.05, 0.1) is 0 Å². The molecule has 0 N–H and O–H groups in total. The smallest absolute Gasteiger partial charge is 0.00913 e. The Kier molecular flexibility index (Phi) is 1.83. The highest BCUT2D eigenvalue weighted by Crippen LogP contribution is 2.05. The van der Waals surface area contributed by atoms with Gasteiger partial charge in [0.25, 0.3) is 0 Å². The minimum absolute atomic E-state index is 1.08. The molecule has 0 nitrogen and oxygen atoms in total. The highest BCUT2D eigenvalue weighted by Gasteiger charge is 1.95. The van der Waals surface area contributed by atoms with Gasteiger partial charge in [-0.25, -0.2) is 0 Å². The monoisotopic (exact) mass is 156 g/mol. The molecule has 1 aromatic carbocycles. The number of fused-ring (bicyclic) bond motifs is 1. The topological polar surface area (TPSA) is 0 Å². The van der Waals surface area contributed by atoms with E-state index in [-0.39, 0.29) is 0 Å². The van der Waals surface area contributed by atoms with Gasteiger partial charge in [-0.05, 0) is 29.4 Å². The molecule has 0 spiro atoms. The van der Waals surface area contributed by atoms with Crippen LogP contribution in [-0.4, -0.2) is 0 Å². The van der Waals surface area contributed by atoms with Crippen molar-refractivity contribution in [1.29, 1.82) is 0 Å². The first-order valence-electron chi connectivity index (χ1n) is 4.32. The van der Waals surface area contributed by atoms with Gasteiger partial charge in [0.2, 0.25) is 0 Å². The molecule has 1 aromatic rings. The SMILES string of the molecule is CC=C1C=c2ccccc2=CC1. The van der Waals surface area contributed by atoms with Gasteiger partial charge in [-0.2, -0.15) is 0 Å². The molecule has 60 valence electrons. The van der Waals surface area contributed by atoms with Crippen LogP contribution in [0, 0.1) is 0 Å². The van der Waals surface area contributed by atoms with Crippen LogP contribution in [0.1, 0.15) is 13.3 Å². The van der Waals surface area contributed by atoms with E-state index in [9.17, 15) is 0 Å². The van der Waals surface area contributed by atoms with Crippen molar-refractivity contribution in [1.82, 2.24) is 0 Å². The standard InChI is InChI=1S/C12H12/c1-2-10-7-8-11-5-3-4-6-12(11)9-10/h2-6,8-9H,7H2,1H3. The van der Waals surface area contributed by atoms with Crippen LogP contribution in [0.3, 0.4) is 0 Å². The van der Waals surface area contributed by atoms with Gasteiger partial charge in [0, 0.05) is 0 Å². The molecule has 0 saturated carbocycles. The molecule has 2 rings (SSSR count). The van der Waals surface area contributed by atoms with Gasteiger partial charge in [0.1, 0.15) is 0 Å². The molecule has 1 aliphatic rings. The van der Waals surface area contributed by atoms with Gasteiger partial charge in [-0.3, -0.25) is 0 Å². The molecule has 1 aliphatic carbocycles. The average molecular weight is 156 g/mol. The van der Waals surface area contributed by atoms with Crippen LogP contribution in [0.25, 0.3) is 12.2 Å². The predicted molar refractivity (Wildman–Crippen MR) is 53.0 cm³/mol. The van der Waals surface area contributed by atoms with Crippen LogP contribution < -0.4 is 10.4 Å². The number of benzene rings is 1. The Morgan fingerprint density at radius 2 is 1.92 bits per heavy atom. The highest BCUT2D eigenvalue weighted by molar-refractivity contribution is 5.55. The molecule has 0 aliphatic heterocycles. The summed E-state index contributed by atoms with van der Waals surface area (Å²) >= 11 is 0. The van der Waals surface area contributed by atoms with Crippen molar-refractivity contribution in [3.8, 4) is 0 Å². The predicted octanol–water partition coefficient (Wildman–Crippen LogP) is 1.60. The van der Waals surface area contributed by atoms with Crippen LogP contribution in [0.5, 0.6) is 0 Å². The van der Waals surface area contributed by atoms with Crippen LogP contribution in [-0.2, 0) is 0 Å². The van der Waals surface area contributed by atoms with Crippen LogP contribution >= 0.6 is 0 Å². The molecule has 12 heavy (non-hydrogen) atoms. The van der Waals surface area contributed by atoms with Gasteiger partial charge < -0.3 is 0 Å². The lowest BCUT2D eigenvalue weighted by atomic mass is 10.0. The van der Waals surface area contributed by atoms with E-state index >= 15 is 0 Å². The summed E-state index contributed by atoms with van der Waals surface area (Å²) in [6.07, 6.45) is 7.79. The summed E-state index contributed by atoms with van der Waals surface area (Å²) < 4.78 is 0. The fourth-order valence-electron chi connectivity index (χ4n) is 1.52. The maximum Gasteiger partial charge on any atom is -0.00913 e. The molecule has 0 aromatic heterocycles. The molecular weight excluding hydrogens is 144 g/mol. The minimum atomic E-state index is 1.08. The summed E-state index contributed by atoms with van der Waals surface area (Å²) in [7, 11) is 0. The summed E-state index contributed by atoms with van der Waals surface area (Å²) in [5.74, 6) is 0. The zero-order chi connectivity index (χ0) is 8.39. The van der Waals surface area contributed by atoms with Crippen molar-refractivity contribution in [2.45, 2.75) is 13.3 Å². The van der Waals surface area contributed by atoms with E-state index in [0.717, 1.165) is 6.42 Å². The van der Waals surface area contributed by atoms with E-state index in [0.29, 0.717) is 0 Å². The average Bonchev–Trinajstić information content (AvgIpc) is 2.17. The zero-order valence-electron chi connectivity index (χ0n) is 7.25. The third-order valence-corrected chi connectivity index (χ3v) is 2.27.